The molecular weight excluding hydrogens is 306 g/mol. The Morgan fingerprint density at radius 2 is 2.05 bits per heavy atom. The van der Waals surface area contributed by atoms with Crippen molar-refractivity contribution in [1.82, 2.24) is 14.6 Å². The molecule has 0 bridgehead atoms. The number of nitrogens with zero attached hydrogens (tertiary/aromatic N) is 1. The second-order valence-corrected chi connectivity index (χ2v) is 7.54. The van der Waals surface area contributed by atoms with Crippen molar-refractivity contribution in [3.63, 3.8) is 0 Å². The summed E-state index contributed by atoms with van der Waals surface area (Å²) < 4.78 is 29.7. The molecule has 0 spiro atoms. The van der Waals surface area contributed by atoms with Crippen LogP contribution in [-0.4, -0.2) is 37.6 Å². The summed E-state index contributed by atoms with van der Waals surface area (Å²) in [5.41, 5.74) is 0.998. The quantitative estimate of drug-likeness (QED) is 0.688. The van der Waals surface area contributed by atoms with Crippen LogP contribution in [0.4, 0.5) is 0 Å². The van der Waals surface area contributed by atoms with E-state index in [0.29, 0.717) is 11.4 Å². The van der Waals surface area contributed by atoms with Crippen molar-refractivity contribution in [1.29, 1.82) is 0 Å². The van der Waals surface area contributed by atoms with E-state index in [4.69, 9.17) is 0 Å². The molecule has 1 aromatic rings. The summed E-state index contributed by atoms with van der Waals surface area (Å²) in [5.74, 6) is 0.786. The molecule has 0 fully saturated rings. The first kappa shape index (κ1) is 18.5. The molecule has 1 aromatic heterocycles. The predicted molar refractivity (Wildman–Crippen MR) is 90.3 cm³/mol. The van der Waals surface area contributed by atoms with E-state index >= 15 is 0 Å². The number of rotatable bonds is 10. The van der Waals surface area contributed by atoms with E-state index in [0.717, 1.165) is 31.0 Å². The van der Waals surface area contributed by atoms with Gasteiger partial charge in [0.15, 0.2) is 0 Å². The Labute approximate surface area is 132 Å². The zero-order chi connectivity index (χ0) is 15.9. The molecule has 1 unspecified atom stereocenters. The molecule has 1 heterocycles. The lowest BCUT2D eigenvalue weighted by molar-refractivity contribution is 0.558. The number of thioether (sulfide) groups is 1. The smallest absolute Gasteiger partial charge is 0.242 e. The molecule has 0 aliphatic carbocycles. The normalized spacial score (nSPS) is 13.5. The van der Waals surface area contributed by atoms with E-state index in [2.05, 4.69) is 10.0 Å². The number of sulfonamides is 1. The molecule has 0 saturated heterocycles. The van der Waals surface area contributed by atoms with Gasteiger partial charge in [0, 0.05) is 36.8 Å². The first-order valence-corrected chi connectivity index (χ1v) is 10.3. The topological polar surface area (TPSA) is 63.1 Å². The summed E-state index contributed by atoms with van der Waals surface area (Å²) in [5, 5.41) is 3.24. The van der Waals surface area contributed by atoms with Crippen molar-refractivity contribution in [3.05, 3.63) is 18.0 Å². The Morgan fingerprint density at radius 3 is 2.57 bits per heavy atom. The van der Waals surface area contributed by atoms with Gasteiger partial charge in [0.25, 0.3) is 0 Å². The molecule has 1 rings (SSSR count). The molecule has 122 valence electrons. The van der Waals surface area contributed by atoms with Crippen LogP contribution < -0.4 is 10.0 Å². The highest BCUT2D eigenvalue weighted by Gasteiger charge is 2.21. The molecule has 7 heteroatoms. The van der Waals surface area contributed by atoms with Gasteiger partial charge in [-0.05, 0) is 32.2 Å². The van der Waals surface area contributed by atoms with Crippen molar-refractivity contribution in [2.75, 3.05) is 18.6 Å². The first-order chi connectivity index (χ1) is 9.98. The van der Waals surface area contributed by atoms with Gasteiger partial charge in [0.05, 0.1) is 4.90 Å². The van der Waals surface area contributed by atoms with Gasteiger partial charge in [-0.2, -0.15) is 11.8 Å². The van der Waals surface area contributed by atoms with Gasteiger partial charge in [-0.25, -0.2) is 13.1 Å². The van der Waals surface area contributed by atoms with E-state index in [9.17, 15) is 8.42 Å². The Kier molecular flexibility index (Phi) is 7.79. The van der Waals surface area contributed by atoms with Gasteiger partial charge >= 0.3 is 0 Å². The monoisotopic (exact) mass is 333 g/mol. The van der Waals surface area contributed by atoms with Crippen LogP contribution in [0.1, 0.15) is 32.9 Å². The SMILES string of the molecule is CCNCc1cc(S(=O)(=O)NC(CC)CSC)cn1CC. The lowest BCUT2D eigenvalue weighted by Gasteiger charge is -2.15. The van der Waals surface area contributed by atoms with E-state index in [-0.39, 0.29) is 6.04 Å². The molecule has 2 N–H and O–H groups in total. The van der Waals surface area contributed by atoms with Crippen molar-refractivity contribution in [2.45, 2.75) is 51.2 Å². The lowest BCUT2D eigenvalue weighted by atomic mass is 10.3. The Bertz CT molecular complexity index is 526. The van der Waals surface area contributed by atoms with Crippen LogP contribution >= 0.6 is 11.8 Å². The molecule has 0 aliphatic rings. The summed E-state index contributed by atoms with van der Waals surface area (Å²) in [6.45, 7) is 8.35. The lowest BCUT2D eigenvalue weighted by Crippen LogP contribution is -2.35. The molecule has 0 aliphatic heterocycles. The van der Waals surface area contributed by atoms with Gasteiger partial charge in [-0.15, -0.1) is 0 Å². The molecule has 0 saturated carbocycles. The summed E-state index contributed by atoms with van der Waals surface area (Å²) in [6.07, 6.45) is 4.50. The van der Waals surface area contributed by atoms with E-state index in [1.165, 1.54) is 0 Å². The highest BCUT2D eigenvalue weighted by atomic mass is 32.2. The zero-order valence-electron chi connectivity index (χ0n) is 13.3. The molecule has 0 aromatic carbocycles. The van der Waals surface area contributed by atoms with Crippen molar-refractivity contribution < 1.29 is 8.42 Å². The van der Waals surface area contributed by atoms with E-state index in [1.807, 2.05) is 31.6 Å². The average molecular weight is 334 g/mol. The summed E-state index contributed by atoms with van der Waals surface area (Å²) >= 11 is 1.65. The second kappa shape index (κ2) is 8.82. The first-order valence-electron chi connectivity index (χ1n) is 7.39. The largest absolute Gasteiger partial charge is 0.349 e. The fourth-order valence-electron chi connectivity index (χ4n) is 2.09. The Hall–Kier alpha value is -0.500. The number of aryl methyl sites for hydroxylation is 1. The highest BCUT2D eigenvalue weighted by Crippen LogP contribution is 2.16. The second-order valence-electron chi connectivity index (χ2n) is 4.92. The number of nitrogens with one attached hydrogen (secondary N) is 2. The van der Waals surface area contributed by atoms with Crippen LogP contribution in [0.3, 0.4) is 0 Å². The maximum Gasteiger partial charge on any atom is 0.242 e. The Morgan fingerprint density at radius 1 is 1.33 bits per heavy atom. The average Bonchev–Trinajstić information content (AvgIpc) is 2.88. The van der Waals surface area contributed by atoms with Crippen molar-refractivity contribution >= 4 is 21.8 Å². The minimum absolute atomic E-state index is 0.0211. The maximum absolute atomic E-state index is 12.5. The number of hydrogen-bond donors (Lipinski definition) is 2. The molecular formula is C14H27N3O2S2. The molecule has 21 heavy (non-hydrogen) atoms. The molecule has 0 radical (unpaired) electrons. The fraction of sp³-hybridized carbons (Fsp3) is 0.714. The third kappa shape index (κ3) is 5.32. The molecule has 1 atom stereocenters. The maximum atomic E-state index is 12.5. The van der Waals surface area contributed by atoms with Gasteiger partial charge in [-0.1, -0.05) is 13.8 Å². The minimum Gasteiger partial charge on any atom is -0.349 e. The summed E-state index contributed by atoms with van der Waals surface area (Å²) in [4.78, 5) is 0.358. The predicted octanol–water partition coefficient (Wildman–Crippen LogP) is 2.04. The molecule has 0 amide bonds. The van der Waals surface area contributed by atoms with E-state index < -0.39 is 10.0 Å². The summed E-state index contributed by atoms with van der Waals surface area (Å²) in [6, 6.07) is 1.74. The van der Waals surface area contributed by atoms with Crippen LogP contribution in [0.25, 0.3) is 0 Å². The summed E-state index contributed by atoms with van der Waals surface area (Å²) in [7, 11) is -3.44. The van der Waals surface area contributed by atoms with Crippen LogP contribution in [0.2, 0.25) is 0 Å². The van der Waals surface area contributed by atoms with Crippen LogP contribution in [0.5, 0.6) is 0 Å². The van der Waals surface area contributed by atoms with Gasteiger partial charge < -0.3 is 9.88 Å². The van der Waals surface area contributed by atoms with Gasteiger partial charge in [-0.3, -0.25) is 0 Å². The Balaban J connectivity index is 2.94. The highest BCUT2D eigenvalue weighted by molar-refractivity contribution is 7.98. The number of hydrogen-bond acceptors (Lipinski definition) is 4. The third-order valence-corrected chi connectivity index (χ3v) is 5.57. The van der Waals surface area contributed by atoms with Crippen molar-refractivity contribution in [2.24, 2.45) is 0 Å². The van der Waals surface area contributed by atoms with Gasteiger partial charge in [0.1, 0.15) is 0 Å². The number of aromatic nitrogens is 1. The van der Waals surface area contributed by atoms with E-state index in [1.54, 1.807) is 24.0 Å². The van der Waals surface area contributed by atoms with Crippen molar-refractivity contribution in [3.8, 4) is 0 Å². The minimum atomic E-state index is -3.44. The van der Waals surface area contributed by atoms with Crippen LogP contribution in [0, 0.1) is 0 Å². The van der Waals surface area contributed by atoms with Gasteiger partial charge in [0.2, 0.25) is 10.0 Å². The standard InChI is InChI=1S/C14H27N3O2S2/c1-5-12(11-20-4)16-21(18,19)14-8-13(9-15-6-2)17(7-3)10-14/h8,10,12,15-16H,5-7,9,11H2,1-4H3. The zero-order valence-corrected chi connectivity index (χ0v) is 15.0. The molecule has 5 nitrogen and oxygen atoms in total. The van der Waals surface area contributed by atoms with Crippen LogP contribution in [0.15, 0.2) is 17.2 Å². The fourth-order valence-corrected chi connectivity index (χ4v) is 4.30. The third-order valence-electron chi connectivity index (χ3n) is 3.35. The van der Waals surface area contributed by atoms with Crippen LogP contribution in [-0.2, 0) is 23.1 Å².